The van der Waals surface area contributed by atoms with E-state index in [0.717, 1.165) is 31.5 Å². The molecule has 0 aliphatic carbocycles. The number of benzene rings is 1. The van der Waals surface area contributed by atoms with Crippen molar-refractivity contribution in [2.24, 2.45) is 0 Å². The third-order valence-electron chi connectivity index (χ3n) is 4.25. The number of carbonyl (C=O) groups is 1. The Morgan fingerprint density at radius 1 is 1.42 bits per heavy atom. The van der Waals surface area contributed by atoms with Crippen molar-refractivity contribution in [2.45, 2.75) is 32.2 Å². The van der Waals surface area contributed by atoms with Crippen LogP contribution in [0.5, 0.6) is 5.75 Å². The Hall–Kier alpha value is -1.85. The Balaban J connectivity index is 1.87. The van der Waals surface area contributed by atoms with Crippen molar-refractivity contribution in [3.05, 3.63) is 42.0 Å². The molecule has 24 heavy (non-hydrogen) atoms. The number of aliphatic hydroxyl groups is 1. The molecule has 2 N–H and O–H groups in total. The number of hydrogen-bond acceptors (Lipinski definition) is 4. The van der Waals surface area contributed by atoms with Gasteiger partial charge >= 0.3 is 0 Å². The number of amides is 1. The highest BCUT2D eigenvalue weighted by atomic mass is 16.5. The average Bonchev–Trinajstić information content (AvgIpc) is 2.60. The first-order valence-corrected chi connectivity index (χ1v) is 8.61. The lowest BCUT2D eigenvalue weighted by Gasteiger charge is -2.34. The van der Waals surface area contributed by atoms with Gasteiger partial charge in [-0.15, -0.1) is 0 Å². The summed E-state index contributed by atoms with van der Waals surface area (Å²) in [5.41, 5.74) is 1.45. The summed E-state index contributed by atoms with van der Waals surface area (Å²) >= 11 is 0. The van der Waals surface area contributed by atoms with Crippen LogP contribution in [0.15, 0.2) is 36.4 Å². The molecule has 1 atom stereocenters. The molecule has 1 aromatic carbocycles. The third-order valence-corrected chi connectivity index (χ3v) is 4.25. The van der Waals surface area contributed by atoms with Crippen LogP contribution in [0.25, 0.3) is 0 Å². The van der Waals surface area contributed by atoms with Crippen molar-refractivity contribution in [1.82, 2.24) is 10.2 Å². The monoisotopic (exact) mass is 332 g/mol. The van der Waals surface area contributed by atoms with Gasteiger partial charge < -0.3 is 15.2 Å². The lowest BCUT2D eigenvalue weighted by molar-refractivity contribution is 0.0847. The predicted octanol–water partition coefficient (Wildman–Crippen LogP) is 2.22. The van der Waals surface area contributed by atoms with Crippen LogP contribution in [0.2, 0.25) is 0 Å². The fourth-order valence-corrected chi connectivity index (χ4v) is 2.95. The number of carbonyl (C=O) groups excluding carboxylic acids is 1. The van der Waals surface area contributed by atoms with Crippen LogP contribution < -0.4 is 10.1 Å². The maximum absolute atomic E-state index is 12.4. The molecule has 132 valence electrons. The van der Waals surface area contributed by atoms with Gasteiger partial charge in [0.1, 0.15) is 12.4 Å². The Bertz CT molecular complexity index is 559. The molecule has 0 bridgehead atoms. The van der Waals surface area contributed by atoms with Gasteiger partial charge in [0.2, 0.25) is 0 Å². The largest absolute Gasteiger partial charge is 0.488 e. The average molecular weight is 332 g/mol. The summed E-state index contributed by atoms with van der Waals surface area (Å²) in [5, 5.41) is 12.4. The third kappa shape index (κ3) is 5.35. The summed E-state index contributed by atoms with van der Waals surface area (Å²) < 4.78 is 5.65. The second-order valence-corrected chi connectivity index (χ2v) is 6.37. The summed E-state index contributed by atoms with van der Waals surface area (Å²) in [6, 6.07) is 7.46. The van der Waals surface area contributed by atoms with Gasteiger partial charge in [0, 0.05) is 19.1 Å². The standard InChI is InChI=1S/C19H28N2O3/c1-15(2)14-24-18-9-4-3-8-17(18)19(23)20-10-12-21-11-6-5-7-16(21)13-22/h3-4,8-9,16,22H,1,5-7,10-14H2,2H3,(H,20,23)/t16-/m0/s1. The normalized spacial score (nSPS) is 18.2. The van der Waals surface area contributed by atoms with E-state index < -0.39 is 0 Å². The van der Waals surface area contributed by atoms with Gasteiger partial charge in [-0.1, -0.05) is 25.1 Å². The van der Waals surface area contributed by atoms with Gasteiger partial charge in [0.05, 0.1) is 12.2 Å². The van der Waals surface area contributed by atoms with E-state index in [-0.39, 0.29) is 18.6 Å². The Morgan fingerprint density at radius 3 is 2.96 bits per heavy atom. The summed E-state index contributed by atoms with van der Waals surface area (Å²) in [7, 11) is 0. The van der Waals surface area contributed by atoms with Crippen LogP contribution in [0.4, 0.5) is 0 Å². The van der Waals surface area contributed by atoms with Crippen LogP contribution in [0.1, 0.15) is 36.5 Å². The molecule has 0 unspecified atom stereocenters. The van der Waals surface area contributed by atoms with Crippen molar-refractivity contribution in [1.29, 1.82) is 0 Å². The lowest BCUT2D eigenvalue weighted by atomic mass is 10.0. The van der Waals surface area contributed by atoms with E-state index >= 15 is 0 Å². The molecule has 5 nitrogen and oxygen atoms in total. The Morgan fingerprint density at radius 2 is 2.21 bits per heavy atom. The Kier molecular flexibility index (Phi) is 7.28. The zero-order chi connectivity index (χ0) is 17.4. The second-order valence-electron chi connectivity index (χ2n) is 6.37. The number of piperidine rings is 1. The minimum Gasteiger partial charge on any atom is -0.488 e. The van der Waals surface area contributed by atoms with Crippen molar-refractivity contribution in [3.63, 3.8) is 0 Å². The number of ether oxygens (including phenoxy) is 1. The molecule has 1 amide bonds. The number of aliphatic hydroxyl groups excluding tert-OH is 1. The summed E-state index contributed by atoms with van der Waals surface area (Å²) in [4.78, 5) is 14.7. The molecule has 2 rings (SSSR count). The Labute approximate surface area is 144 Å². The summed E-state index contributed by atoms with van der Waals surface area (Å²) in [6.07, 6.45) is 3.35. The minimum absolute atomic E-state index is 0.134. The highest BCUT2D eigenvalue weighted by molar-refractivity contribution is 5.96. The van der Waals surface area contributed by atoms with Crippen molar-refractivity contribution in [3.8, 4) is 5.75 Å². The van der Waals surface area contributed by atoms with Crippen LogP contribution in [0, 0.1) is 0 Å². The molecule has 0 aromatic heterocycles. The maximum Gasteiger partial charge on any atom is 0.255 e. The van der Waals surface area contributed by atoms with Gasteiger partial charge in [-0.3, -0.25) is 9.69 Å². The highest BCUT2D eigenvalue weighted by Crippen LogP contribution is 2.19. The highest BCUT2D eigenvalue weighted by Gasteiger charge is 2.21. The lowest BCUT2D eigenvalue weighted by Crippen LogP contribution is -2.45. The number of nitrogens with zero attached hydrogens (tertiary/aromatic N) is 1. The van der Waals surface area contributed by atoms with E-state index in [4.69, 9.17) is 4.74 Å². The van der Waals surface area contributed by atoms with Crippen LogP contribution >= 0.6 is 0 Å². The molecule has 1 aliphatic heterocycles. The van der Waals surface area contributed by atoms with Crippen molar-refractivity contribution in [2.75, 3.05) is 32.8 Å². The quantitative estimate of drug-likeness (QED) is 0.717. The molecule has 1 aliphatic rings. The van der Waals surface area contributed by atoms with Crippen molar-refractivity contribution >= 4 is 5.91 Å². The molecular weight excluding hydrogens is 304 g/mol. The number of rotatable bonds is 8. The van der Waals surface area contributed by atoms with Gasteiger partial charge in [-0.25, -0.2) is 0 Å². The zero-order valence-electron chi connectivity index (χ0n) is 14.5. The molecule has 1 saturated heterocycles. The first kappa shape index (κ1) is 18.5. The molecule has 0 spiro atoms. The van der Waals surface area contributed by atoms with E-state index in [1.54, 1.807) is 12.1 Å². The van der Waals surface area contributed by atoms with Gasteiger partial charge in [0.15, 0.2) is 0 Å². The first-order chi connectivity index (χ1) is 11.6. The fourth-order valence-electron chi connectivity index (χ4n) is 2.95. The van der Waals surface area contributed by atoms with Crippen molar-refractivity contribution < 1.29 is 14.6 Å². The van der Waals surface area contributed by atoms with Crippen LogP contribution in [-0.2, 0) is 0 Å². The minimum atomic E-state index is -0.134. The molecule has 0 saturated carbocycles. The van der Waals surface area contributed by atoms with Gasteiger partial charge in [-0.05, 0) is 44.0 Å². The molecule has 1 aromatic rings. The van der Waals surface area contributed by atoms with E-state index in [1.807, 2.05) is 19.1 Å². The number of para-hydroxylation sites is 1. The maximum atomic E-state index is 12.4. The summed E-state index contributed by atoms with van der Waals surface area (Å²) in [6.45, 7) is 8.58. The number of hydrogen-bond donors (Lipinski definition) is 2. The van der Waals surface area contributed by atoms with E-state index in [0.29, 0.717) is 24.5 Å². The van der Waals surface area contributed by atoms with E-state index in [2.05, 4.69) is 16.8 Å². The smallest absolute Gasteiger partial charge is 0.255 e. The van der Waals surface area contributed by atoms with Crippen LogP contribution in [0.3, 0.4) is 0 Å². The number of nitrogens with one attached hydrogen (secondary N) is 1. The van der Waals surface area contributed by atoms with Crippen LogP contribution in [-0.4, -0.2) is 54.8 Å². The summed E-state index contributed by atoms with van der Waals surface area (Å²) in [5.74, 6) is 0.439. The topological polar surface area (TPSA) is 61.8 Å². The zero-order valence-corrected chi connectivity index (χ0v) is 14.5. The van der Waals surface area contributed by atoms with E-state index in [1.165, 1.54) is 6.42 Å². The van der Waals surface area contributed by atoms with E-state index in [9.17, 15) is 9.90 Å². The van der Waals surface area contributed by atoms with Gasteiger partial charge in [0.25, 0.3) is 5.91 Å². The molecular formula is C19H28N2O3. The SMILES string of the molecule is C=C(C)COc1ccccc1C(=O)NCCN1CCCC[C@H]1CO. The molecule has 5 heteroatoms. The molecule has 1 fully saturated rings. The van der Waals surface area contributed by atoms with Gasteiger partial charge in [-0.2, -0.15) is 0 Å². The fraction of sp³-hybridized carbons (Fsp3) is 0.526. The molecule has 0 radical (unpaired) electrons. The predicted molar refractivity (Wildman–Crippen MR) is 95.4 cm³/mol. The first-order valence-electron chi connectivity index (χ1n) is 8.61. The number of likely N-dealkylation sites (tertiary alicyclic amines) is 1. The second kappa shape index (κ2) is 9.45. The molecule has 1 heterocycles.